The van der Waals surface area contributed by atoms with Crippen molar-refractivity contribution in [1.82, 2.24) is 0 Å². The van der Waals surface area contributed by atoms with Gasteiger partial charge in [0, 0.05) is 0 Å². The number of likely N-dealkylation sites (N-methyl/N-ethyl adjacent to an activating group) is 1. The van der Waals surface area contributed by atoms with E-state index in [-0.39, 0.29) is 46.2 Å². The highest BCUT2D eigenvalue weighted by molar-refractivity contribution is 5.77. The first-order chi connectivity index (χ1) is 14.5. The Labute approximate surface area is 213 Å². The van der Waals surface area contributed by atoms with Crippen LogP contribution in [-0.2, 0) is 9.53 Å². The summed E-state index contributed by atoms with van der Waals surface area (Å²) in [6.45, 7) is 16.9. The maximum absolute atomic E-state index is 13.5. The van der Waals surface area contributed by atoms with Gasteiger partial charge in [0.05, 0.1) is 31.2 Å². The van der Waals surface area contributed by atoms with Crippen molar-refractivity contribution in [2.24, 2.45) is 28.1 Å². The summed E-state index contributed by atoms with van der Waals surface area (Å²) in [7, 11) is 2.24. The second kappa shape index (κ2) is 8.82. The minimum Gasteiger partial charge on any atom is -1.00 e. The number of carbonyl (C=O) groups excluding carboxylic acids is 1. The van der Waals surface area contributed by atoms with Crippen molar-refractivity contribution >= 4 is 5.97 Å². The highest BCUT2D eigenvalue weighted by atomic mass is 127. The number of nitrogens with zero attached hydrogens (tertiary/aromatic N) is 1. The quantitative estimate of drug-likeness (QED) is 0.235. The normalized spacial score (nSPS) is 43.1. The number of esters is 1. The summed E-state index contributed by atoms with van der Waals surface area (Å²) >= 11 is 0. The largest absolute Gasteiger partial charge is 1.00 e. The number of aliphatic hydroxyl groups is 1. The number of halogens is 1. The number of fused-ring (bicyclic) bond motifs is 3. The maximum Gasteiger partial charge on any atom is 0.312 e. The van der Waals surface area contributed by atoms with Crippen LogP contribution in [-0.4, -0.2) is 54.4 Å². The van der Waals surface area contributed by atoms with Crippen LogP contribution in [0.1, 0.15) is 85.5 Å². The Morgan fingerprint density at radius 2 is 1.78 bits per heavy atom. The number of hydrogen-bond donors (Lipinski definition) is 1. The van der Waals surface area contributed by atoms with Gasteiger partial charge in [0.15, 0.2) is 0 Å². The first-order valence-corrected chi connectivity index (χ1v) is 12.9. The molecule has 0 unspecified atom stereocenters. The lowest BCUT2D eigenvalue weighted by molar-refractivity contribution is -0.906. The van der Waals surface area contributed by atoms with E-state index in [0.29, 0.717) is 18.4 Å². The van der Waals surface area contributed by atoms with E-state index in [4.69, 9.17) is 4.74 Å². The number of ether oxygens (including phenoxy) is 1. The van der Waals surface area contributed by atoms with Crippen molar-refractivity contribution in [2.45, 2.75) is 91.1 Å². The van der Waals surface area contributed by atoms with E-state index in [9.17, 15) is 9.90 Å². The van der Waals surface area contributed by atoms with Gasteiger partial charge in [-0.3, -0.25) is 4.79 Å². The molecule has 0 aliphatic heterocycles. The Bertz CT molecular complexity index is 751. The van der Waals surface area contributed by atoms with E-state index in [2.05, 4.69) is 41.3 Å². The van der Waals surface area contributed by atoms with Crippen molar-refractivity contribution < 1.29 is 43.1 Å². The topological polar surface area (TPSA) is 46.5 Å². The fourth-order valence-electron chi connectivity index (χ4n) is 8.66. The molecule has 0 aromatic carbocycles. The first-order valence-electron chi connectivity index (χ1n) is 12.9. The van der Waals surface area contributed by atoms with Crippen LogP contribution in [0.5, 0.6) is 0 Å². The van der Waals surface area contributed by atoms with Crippen LogP contribution in [0.2, 0.25) is 0 Å². The number of rotatable bonds is 6. The molecule has 4 aliphatic carbocycles. The Morgan fingerprint density at radius 1 is 1.12 bits per heavy atom. The molecule has 4 nitrogen and oxygen atoms in total. The highest BCUT2D eigenvalue weighted by Gasteiger charge is 2.67. The Hall–Kier alpha value is -0.140. The predicted octanol–water partition coefficient (Wildman–Crippen LogP) is 2.10. The van der Waals surface area contributed by atoms with Gasteiger partial charge in [-0.25, -0.2) is 0 Å². The molecular weight excluding hydrogens is 513 g/mol. The highest BCUT2D eigenvalue weighted by Crippen LogP contribution is 2.72. The van der Waals surface area contributed by atoms with Crippen molar-refractivity contribution in [3.05, 3.63) is 12.2 Å². The summed E-state index contributed by atoms with van der Waals surface area (Å²) in [5, 5.41) is 11.1. The zero-order valence-electron chi connectivity index (χ0n) is 21.1. The molecule has 6 atom stereocenters. The van der Waals surface area contributed by atoms with E-state index in [1.165, 1.54) is 6.42 Å². The third-order valence-electron chi connectivity index (χ3n) is 11.0. The molecule has 4 rings (SSSR count). The Kier molecular flexibility index (Phi) is 7.29. The summed E-state index contributed by atoms with van der Waals surface area (Å²) in [4.78, 5) is 13.5. The van der Waals surface area contributed by atoms with E-state index in [0.717, 1.165) is 81.1 Å². The van der Waals surface area contributed by atoms with Crippen LogP contribution in [0.25, 0.3) is 0 Å². The number of quaternary nitrogens is 1. The maximum atomic E-state index is 13.5. The van der Waals surface area contributed by atoms with Crippen LogP contribution in [0.4, 0.5) is 0 Å². The molecule has 0 aromatic heterocycles. The zero-order chi connectivity index (χ0) is 22.7. The van der Waals surface area contributed by atoms with Gasteiger partial charge in [0.2, 0.25) is 0 Å². The van der Waals surface area contributed by atoms with Gasteiger partial charge in [0.1, 0.15) is 13.2 Å². The Balaban J connectivity index is 0.00000289. The molecule has 0 heterocycles. The first kappa shape index (κ1) is 26.5. The van der Waals surface area contributed by atoms with Gasteiger partial charge in [-0.05, 0) is 100 Å². The minimum absolute atomic E-state index is 0. The summed E-state index contributed by atoms with van der Waals surface area (Å²) < 4.78 is 6.94. The molecular formula is C27H46INO3. The predicted molar refractivity (Wildman–Crippen MR) is 124 cm³/mol. The van der Waals surface area contributed by atoms with Gasteiger partial charge in [0.25, 0.3) is 0 Å². The van der Waals surface area contributed by atoms with E-state index in [1.807, 2.05) is 0 Å². The molecule has 4 fully saturated rings. The fraction of sp³-hybridized carbons (Fsp3) is 0.889. The van der Waals surface area contributed by atoms with Crippen molar-refractivity contribution in [1.29, 1.82) is 0 Å². The number of hydrogen-bond acceptors (Lipinski definition) is 3. The third kappa shape index (κ3) is 3.90. The molecule has 1 spiro atoms. The molecule has 4 saturated carbocycles. The third-order valence-corrected chi connectivity index (χ3v) is 11.0. The summed E-state index contributed by atoms with van der Waals surface area (Å²) in [5.41, 5.74) is 0.440. The second-order valence-corrected chi connectivity index (χ2v) is 12.4. The van der Waals surface area contributed by atoms with Crippen LogP contribution < -0.4 is 24.0 Å². The molecule has 0 amide bonds. The Morgan fingerprint density at radius 3 is 2.44 bits per heavy atom. The minimum atomic E-state index is -0.625. The SMILES string of the molecule is C=C1C[C@@]23CC[C@H]4[C@@](C)(CCC[C@@]4(C)C(=O)OCC[N+](C)(CC)CC)[C@@H]2CC[C@]1(O)C3.[I-]. The lowest BCUT2D eigenvalue weighted by Crippen LogP contribution is -3.00. The molecule has 4 aliphatic rings. The smallest absolute Gasteiger partial charge is 0.312 e. The van der Waals surface area contributed by atoms with Crippen LogP contribution in [0.3, 0.4) is 0 Å². The van der Waals surface area contributed by atoms with Crippen molar-refractivity contribution in [3.63, 3.8) is 0 Å². The molecule has 1 N–H and O–H groups in total. The average molecular weight is 560 g/mol. The van der Waals surface area contributed by atoms with Crippen LogP contribution in [0.15, 0.2) is 12.2 Å². The van der Waals surface area contributed by atoms with Crippen LogP contribution in [0, 0.1) is 28.1 Å². The molecule has 184 valence electrons. The van der Waals surface area contributed by atoms with Crippen molar-refractivity contribution in [2.75, 3.05) is 33.3 Å². The molecule has 2 bridgehead atoms. The van der Waals surface area contributed by atoms with Gasteiger partial charge in [-0.2, -0.15) is 0 Å². The van der Waals surface area contributed by atoms with Crippen LogP contribution >= 0.6 is 0 Å². The van der Waals surface area contributed by atoms with E-state index >= 15 is 0 Å². The zero-order valence-corrected chi connectivity index (χ0v) is 23.3. The standard InChI is InChI=1S/C27H46NO3.HI/c1-7-28(6,8-2)16-17-31-23(29)25(5)13-9-12-24(4)21(25)10-14-26-18-20(3)27(30,19-26)15-11-22(24)26;/h21-22,30H,3,7-19H2,1-2,4-6H3;1H/q+1;/p-1/t21-,22-,24+,25+,26+,27-;/m0./s1. The van der Waals surface area contributed by atoms with Gasteiger partial charge >= 0.3 is 5.97 Å². The average Bonchev–Trinajstić information content (AvgIpc) is 2.90. The van der Waals surface area contributed by atoms with E-state index < -0.39 is 5.60 Å². The van der Waals surface area contributed by atoms with Gasteiger partial charge < -0.3 is 38.3 Å². The lowest BCUT2D eigenvalue weighted by atomic mass is 9.41. The van der Waals surface area contributed by atoms with Crippen molar-refractivity contribution in [3.8, 4) is 0 Å². The molecule has 0 radical (unpaired) electrons. The number of carbonyl (C=O) groups is 1. The van der Waals surface area contributed by atoms with E-state index in [1.54, 1.807) is 0 Å². The second-order valence-electron chi connectivity index (χ2n) is 12.4. The molecule has 5 heteroatoms. The van der Waals surface area contributed by atoms with Gasteiger partial charge in [-0.15, -0.1) is 0 Å². The summed E-state index contributed by atoms with van der Waals surface area (Å²) in [5.74, 6) is 1.02. The molecule has 32 heavy (non-hydrogen) atoms. The molecule has 0 aromatic rings. The van der Waals surface area contributed by atoms with Gasteiger partial charge in [-0.1, -0.05) is 19.9 Å². The monoisotopic (exact) mass is 559 g/mol. The summed E-state index contributed by atoms with van der Waals surface area (Å²) in [6.07, 6.45) is 9.30. The molecule has 0 saturated heterocycles. The summed E-state index contributed by atoms with van der Waals surface area (Å²) in [6, 6.07) is 0. The lowest BCUT2D eigenvalue weighted by Gasteiger charge is -2.63. The fourth-order valence-corrected chi connectivity index (χ4v) is 8.66.